The summed E-state index contributed by atoms with van der Waals surface area (Å²) in [6, 6.07) is 6.62. The van der Waals surface area contributed by atoms with Crippen molar-refractivity contribution in [1.82, 2.24) is 4.90 Å². The van der Waals surface area contributed by atoms with Crippen molar-refractivity contribution in [2.75, 3.05) is 0 Å². The van der Waals surface area contributed by atoms with E-state index >= 15 is 0 Å². The van der Waals surface area contributed by atoms with Gasteiger partial charge in [0.05, 0.1) is 11.5 Å². The molecule has 0 N–H and O–H groups in total. The van der Waals surface area contributed by atoms with Crippen molar-refractivity contribution in [3.63, 3.8) is 0 Å². The van der Waals surface area contributed by atoms with Gasteiger partial charge in [0, 0.05) is 17.7 Å². The van der Waals surface area contributed by atoms with Gasteiger partial charge in [-0.15, -0.1) is 0 Å². The molecule has 0 heterocycles. The zero-order chi connectivity index (χ0) is 15.6. The van der Waals surface area contributed by atoms with Crippen LogP contribution < -0.4 is 0 Å². The first-order valence-corrected chi connectivity index (χ1v) is 7.00. The number of carbonyl (C=O) groups excluding carboxylic acids is 1. The van der Waals surface area contributed by atoms with Gasteiger partial charge in [-0.2, -0.15) is 0 Å². The second kappa shape index (κ2) is 5.71. The van der Waals surface area contributed by atoms with E-state index in [2.05, 4.69) is 0 Å². The molecule has 0 radical (unpaired) electrons. The summed E-state index contributed by atoms with van der Waals surface area (Å²) < 4.78 is 5.39. The zero-order valence-electron chi connectivity index (χ0n) is 12.5. The predicted molar refractivity (Wildman–Crippen MR) is 77.9 cm³/mol. The van der Waals surface area contributed by atoms with Gasteiger partial charge in [0.1, 0.15) is 5.60 Å². The molecule has 21 heavy (non-hydrogen) atoms. The summed E-state index contributed by atoms with van der Waals surface area (Å²) in [4.78, 5) is 24.5. The van der Waals surface area contributed by atoms with Crippen LogP contribution in [0.15, 0.2) is 24.3 Å². The Morgan fingerprint density at radius 1 is 1.38 bits per heavy atom. The largest absolute Gasteiger partial charge is 0.444 e. The third-order valence-corrected chi connectivity index (χ3v) is 3.14. The monoisotopic (exact) mass is 292 g/mol. The lowest BCUT2D eigenvalue weighted by molar-refractivity contribution is -0.385. The first-order chi connectivity index (χ1) is 9.78. The molecule has 1 aliphatic rings. The molecule has 0 bridgehead atoms. The van der Waals surface area contributed by atoms with Crippen molar-refractivity contribution < 1.29 is 14.5 Å². The normalized spacial score (nSPS) is 14.6. The molecule has 1 aliphatic carbocycles. The highest BCUT2D eigenvalue weighted by molar-refractivity contribution is 5.69. The molecule has 0 saturated heterocycles. The molecule has 1 aromatic carbocycles. The first kappa shape index (κ1) is 15.3. The summed E-state index contributed by atoms with van der Waals surface area (Å²) in [5.74, 6) is 0. The molecule has 0 unspecified atom stereocenters. The third kappa shape index (κ3) is 4.18. The van der Waals surface area contributed by atoms with Crippen molar-refractivity contribution in [2.24, 2.45) is 0 Å². The Morgan fingerprint density at radius 3 is 2.52 bits per heavy atom. The second-order valence-electron chi connectivity index (χ2n) is 6.23. The van der Waals surface area contributed by atoms with Crippen molar-refractivity contribution in [1.29, 1.82) is 0 Å². The van der Waals surface area contributed by atoms with Crippen LogP contribution in [0.1, 0.15) is 39.2 Å². The molecule has 0 spiro atoms. The molecule has 6 heteroatoms. The van der Waals surface area contributed by atoms with Crippen molar-refractivity contribution in [2.45, 2.75) is 51.8 Å². The Balaban J connectivity index is 2.18. The molecule has 114 valence electrons. The number of benzene rings is 1. The fourth-order valence-electron chi connectivity index (χ4n) is 2.06. The van der Waals surface area contributed by atoms with E-state index < -0.39 is 16.6 Å². The summed E-state index contributed by atoms with van der Waals surface area (Å²) in [5, 5.41) is 11.1. The third-order valence-electron chi connectivity index (χ3n) is 3.14. The summed E-state index contributed by atoms with van der Waals surface area (Å²) >= 11 is 0. The van der Waals surface area contributed by atoms with Crippen LogP contribution in [0.25, 0.3) is 0 Å². The minimum atomic E-state index is -0.577. The number of hydrogen-bond acceptors (Lipinski definition) is 4. The van der Waals surface area contributed by atoms with E-state index in [1.54, 1.807) is 43.9 Å². The molecular weight excluding hydrogens is 272 g/mol. The van der Waals surface area contributed by atoms with E-state index in [4.69, 9.17) is 4.74 Å². The van der Waals surface area contributed by atoms with Gasteiger partial charge in [-0.1, -0.05) is 18.2 Å². The number of nitro groups is 1. The molecular formula is C15H20N2O4. The first-order valence-electron chi connectivity index (χ1n) is 7.00. The molecule has 2 rings (SSSR count). The lowest BCUT2D eigenvalue weighted by Crippen LogP contribution is -2.37. The SMILES string of the molecule is CC(C)(C)OC(=O)N(Cc1ccccc1[N+](=O)[O-])C1CC1. The lowest BCUT2D eigenvalue weighted by Gasteiger charge is -2.27. The summed E-state index contributed by atoms with van der Waals surface area (Å²) in [7, 11) is 0. The van der Waals surface area contributed by atoms with E-state index in [9.17, 15) is 14.9 Å². The average Bonchev–Trinajstić information content (AvgIpc) is 3.18. The standard InChI is InChI=1S/C15H20N2O4/c1-15(2,3)21-14(18)16(12-8-9-12)10-11-6-4-5-7-13(11)17(19)20/h4-7,12H,8-10H2,1-3H3. The van der Waals surface area contributed by atoms with E-state index in [1.807, 2.05) is 0 Å². The molecule has 0 aromatic heterocycles. The quantitative estimate of drug-likeness (QED) is 0.629. The van der Waals surface area contributed by atoms with Crippen LogP contribution >= 0.6 is 0 Å². The van der Waals surface area contributed by atoms with Crippen LogP contribution in [0.4, 0.5) is 10.5 Å². The zero-order valence-corrected chi connectivity index (χ0v) is 12.5. The average molecular weight is 292 g/mol. The second-order valence-corrected chi connectivity index (χ2v) is 6.23. The Kier molecular flexibility index (Phi) is 4.16. The van der Waals surface area contributed by atoms with E-state index in [1.165, 1.54) is 6.07 Å². The van der Waals surface area contributed by atoms with Gasteiger partial charge >= 0.3 is 6.09 Å². The van der Waals surface area contributed by atoms with E-state index in [-0.39, 0.29) is 18.3 Å². The summed E-state index contributed by atoms with van der Waals surface area (Å²) in [6.07, 6.45) is 1.42. The Morgan fingerprint density at radius 2 is 2.00 bits per heavy atom. The highest BCUT2D eigenvalue weighted by atomic mass is 16.6. The van der Waals surface area contributed by atoms with Crippen molar-refractivity contribution in [3.8, 4) is 0 Å². The fraction of sp³-hybridized carbons (Fsp3) is 0.533. The van der Waals surface area contributed by atoms with Crippen LogP contribution in [-0.2, 0) is 11.3 Å². The summed E-state index contributed by atoms with van der Waals surface area (Å²) in [5.41, 5.74) is -0.0145. The predicted octanol–water partition coefficient (Wildman–Crippen LogP) is 3.49. The minimum Gasteiger partial charge on any atom is -0.444 e. The van der Waals surface area contributed by atoms with Gasteiger partial charge in [-0.25, -0.2) is 4.79 Å². The molecule has 0 aliphatic heterocycles. The van der Waals surface area contributed by atoms with Crippen LogP contribution in [-0.4, -0.2) is 27.6 Å². The van der Waals surface area contributed by atoms with Crippen LogP contribution in [0.3, 0.4) is 0 Å². The topological polar surface area (TPSA) is 72.7 Å². The van der Waals surface area contributed by atoms with Gasteiger partial charge in [0.2, 0.25) is 0 Å². The van der Waals surface area contributed by atoms with Crippen LogP contribution in [0, 0.1) is 10.1 Å². The molecule has 6 nitrogen and oxygen atoms in total. The fourth-order valence-corrected chi connectivity index (χ4v) is 2.06. The minimum absolute atomic E-state index is 0.0340. The smallest absolute Gasteiger partial charge is 0.410 e. The van der Waals surface area contributed by atoms with Gasteiger partial charge in [-0.3, -0.25) is 10.1 Å². The van der Waals surface area contributed by atoms with Gasteiger partial charge in [0.25, 0.3) is 5.69 Å². The number of carbonyl (C=O) groups is 1. The number of amides is 1. The molecule has 1 fully saturated rings. The number of nitrogens with zero attached hydrogens (tertiary/aromatic N) is 2. The molecule has 0 atom stereocenters. The maximum Gasteiger partial charge on any atom is 0.410 e. The van der Waals surface area contributed by atoms with Crippen LogP contribution in [0.5, 0.6) is 0 Å². The van der Waals surface area contributed by atoms with Gasteiger partial charge in [-0.05, 0) is 33.6 Å². The number of nitro benzene ring substituents is 1. The Labute approximate surface area is 123 Å². The molecule has 1 saturated carbocycles. The highest BCUT2D eigenvalue weighted by Gasteiger charge is 2.36. The number of ether oxygens (including phenoxy) is 1. The van der Waals surface area contributed by atoms with E-state index in [0.29, 0.717) is 5.56 Å². The highest BCUT2D eigenvalue weighted by Crippen LogP contribution is 2.31. The molecule has 1 aromatic rings. The van der Waals surface area contributed by atoms with Gasteiger partial charge < -0.3 is 9.64 Å². The Hall–Kier alpha value is -2.11. The number of hydrogen-bond donors (Lipinski definition) is 0. The number of para-hydroxylation sites is 1. The van der Waals surface area contributed by atoms with E-state index in [0.717, 1.165) is 12.8 Å². The van der Waals surface area contributed by atoms with Crippen LogP contribution in [0.2, 0.25) is 0 Å². The lowest BCUT2D eigenvalue weighted by atomic mass is 10.1. The van der Waals surface area contributed by atoms with Crippen molar-refractivity contribution >= 4 is 11.8 Å². The van der Waals surface area contributed by atoms with Gasteiger partial charge in [0.15, 0.2) is 0 Å². The number of rotatable bonds is 4. The Bertz CT molecular complexity index is 547. The molecule has 1 amide bonds. The maximum absolute atomic E-state index is 12.3. The maximum atomic E-state index is 12.3. The van der Waals surface area contributed by atoms with Crippen molar-refractivity contribution in [3.05, 3.63) is 39.9 Å². The summed E-state index contributed by atoms with van der Waals surface area (Å²) in [6.45, 7) is 5.62.